The molecule has 94 valence electrons. The van der Waals surface area contributed by atoms with Crippen LogP contribution in [0.5, 0.6) is 0 Å². The molecule has 1 nitrogen and oxygen atoms in total. The summed E-state index contributed by atoms with van der Waals surface area (Å²) >= 11 is 12.0. The molecule has 0 bridgehead atoms. The molecule has 1 fully saturated rings. The normalized spacial score (nSPS) is 17.1. The second-order valence-corrected chi connectivity index (χ2v) is 5.70. The fourth-order valence-corrected chi connectivity index (χ4v) is 2.56. The summed E-state index contributed by atoms with van der Waals surface area (Å²) in [5, 5.41) is 4.86. The third-order valence-electron chi connectivity index (χ3n) is 3.27. The average molecular weight is 272 g/mol. The first-order valence-corrected chi connectivity index (χ1v) is 7.12. The van der Waals surface area contributed by atoms with Crippen molar-refractivity contribution in [3.8, 4) is 0 Å². The van der Waals surface area contributed by atoms with Gasteiger partial charge in [-0.2, -0.15) is 0 Å². The lowest BCUT2D eigenvalue weighted by molar-refractivity contribution is 0.466. The first-order chi connectivity index (χ1) is 8.19. The van der Waals surface area contributed by atoms with E-state index in [0.717, 1.165) is 18.9 Å². The molecular weight excluding hydrogens is 253 g/mol. The fourth-order valence-electron chi connectivity index (χ4n) is 2.23. The molecule has 17 heavy (non-hydrogen) atoms. The van der Waals surface area contributed by atoms with Gasteiger partial charge in [-0.1, -0.05) is 49.0 Å². The van der Waals surface area contributed by atoms with Crippen LogP contribution in [0, 0.1) is 5.92 Å². The summed E-state index contributed by atoms with van der Waals surface area (Å²) in [6, 6.07) is 6.52. The molecule has 1 atom stereocenters. The first-order valence-electron chi connectivity index (χ1n) is 6.36. The summed E-state index contributed by atoms with van der Waals surface area (Å²) in [4.78, 5) is 0. The van der Waals surface area contributed by atoms with E-state index in [2.05, 4.69) is 18.3 Å². The summed E-state index contributed by atoms with van der Waals surface area (Å²) in [5.41, 5.74) is 1.27. The average Bonchev–Trinajstić information content (AvgIpc) is 3.08. The van der Waals surface area contributed by atoms with E-state index < -0.39 is 0 Å². The molecule has 0 saturated heterocycles. The molecule has 1 aliphatic rings. The van der Waals surface area contributed by atoms with E-state index >= 15 is 0 Å². The van der Waals surface area contributed by atoms with Crippen molar-refractivity contribution in [2.24, 2.45) is 5.92 Å². The Kier molecular flexibility index (Phi) is 4.72. The van der Waals surface area contributed by atoms with Crippen LogP contribution in [0.25, 0.3) is 0 Å². The Morgan fingerprint density at radius 3 is 2.65 bits per heavy atom. The maximum atomic E-state index is 6.04. The van der Waals surface area contributed by atoms with Gasteiger partial charge in [-0.05, 0) is 43.0 Å². The molecule has 1 N–H and O–H groups in total. The van der Waals surface area contributed by atoms with E-state index in [0.29, 0.717) is 16.1 Å². The van der Waals surface area contributed by atoms with Gasteiger partial charge in [-0.3, -0.25) is 0 Å². The van der Waals surface area contributed by atoms with Gasteiger partial charge in [0.1, 0.15) is 0 Å². The SMILES string of the molecule is CCNC(Cc1ccc(Cl)c(Cl)c1)CC1CC1. The van der Waals surface area contributed by atoms with Crippen LogP contribution in [0.15, 0.2) is 18.2 Å². The second kappa shape index (κ2) is 6.08. The lowest BCUT2D eigenvalue weighted by atomic mass is 10.0. The van der Waals surface area contributed by atoms with Gasteiger partial charge in [-0.25, -0.2) is 0 Å². The quantitative estimate of drug-likeness (QED) is 0.813. The van der Waals surface area contributed by atoms with E-state index in [1.54, 1.807) is 0 Å². The van der Waals surface area contributed by atoms with Gasteiger partial charge >= 0.3 is 0 Å². The van der Waals surface area contributed by atoms with Crippen molar-refractivity contribution in [1.29, 1.82) is 0 Å². The Balaban J connectivity index is 1.97. The molecule has 1 saturated carbocycles. The van der Waals surface area contributed by atoms with Crippen LogP contribution in [0.4, 0.5) is 0 Å². The minimum absolute atomic E-state index is 0.574. The van der Waals surface area contributed by atoms with Gasteiger partial charge in [0.2, 0.25) is 0 Å². The lowest BCUT2D eigenvalue weighted by Crippen LogP contribution is -2.31. The Bertz CT molecular complexity index is 374. The van der Waals surface area contributed by atoms with E-state index in [-0.39, 0.29) is 0 Å². The Labute approximate surface area is 114 Å². The molecule has 1 aromatic rings. The van der Waals surface area contributed by atoms with Crippen LogP contribution < -0.4 is 5.32 Å². The monoisotopic (exact) mass is 271 g/mol. The smallest absolute Gasteiger partial charge is 0.0595 e. The first kappa shape index (κ1) is 13.2. The minimum atomic E-state index is 0.574. The fraction of sp³-hybridized carbons (Fsp3) is 0.571. The highest BCUT2D eigenvalue weighted by atomic mass is 35.5. The molecule has 1 aliphatic carbocycles. The zero-order chi connectivity index (χ0) is 12.3. The molecular formula is C14H19Cl2N. The van der Waals surface area contributed by atoms with Crippen molar-refractivity contribution in [3.63, 3.8) is 0 Å². The van der Waals surface area contributed by atoms with Crippen LogP contribution in [0.1, 0.15) is 31.7 Å². The van der Waals surface area contributed by atoms with Crippen molar-refractivity contribution in [2.75, 3.05) is 6.54 Å². The highest BCUT2D eigenvalue weighted by molar-refractivity contribution is 6.42. The number of halogens is 2. The van der Waals surface area contributed by atoms with Gasteiger partial charge < -0.3 is 5.32 Å². The van der Waals surface area contributed by atoms with Crippen LogP contribution in [0.3, 0.4) is 0 Å². The van der Waals surface area contributed by atoms with Crippen molar-refractivity contribution in [2.45, 2.75) is 38.6 Å². The Morgan fingerprint density at radius 1 is 1.29 bits per heavy atom. The summed E-state index contributed by atoms with van der Waals surface area (Å²) in [5.74, 6) is 0.946. The molecule has 0 radical (unpaired) electrons. The van der Waals surface area contributed by atoms with Crippen LogP contribution in [-0.2, 0) is 6.42 Å². The summed E-state index contributed by atoms with van der Waals surface area (Å²) < 4.78 is 0. The molecule has 0 aromatic heterocycles. The van der Waals surface area contributed by atoms with Gasteiger partial charge in [-0.15, -0.1) is 0 Å². The number of nitrogens with one attached hydrogen (secondary N) is 1. The van der Waals surface area contributed by atoms with Crippen molar-refractivity contribution >= 4 is 23.2 Å². The van der Waals surface area contributed by atoms with E-state index in [4.69, 9.17) is 23.2 Å². The van der Waals surface area contributed by atoms with Gasteiger partial charge in [0, 0.05) is 6.04 Å². The molecule has 0 heterocycles. The molecule has 1 unspecified atom stereocenters. The van der Waals surface area contributed by atoms with Crippen LogP contribution in [0.2, 0.25) is 10.0 Å². The molecule has 3 heteroatoms. The topological polar surface area (TPSA) is 12.0 Å². The van der Waals surface area contributed by atoms with Crippen molar-refractivity contribution in [1.82, 2.24) is 5.32 Å². The third kappa shape index (κ3) is 4.17. The van der Waals surface area contributed by atoms with Gasteiger partial charge in [0.15, 0.2) is 0 Å². The molecule has 0 spiro atoms. The predicted molar refractivity (Wildman–Crippen MR) is 75.0 cm³/mol. The zero-order valence-corrected chi connectivity index (χ0v) is 11.7. The van der Waals surface area contributed by atoms with E-state index in [1.165, 1.54) is 24.8 Å². The standard InChI is InChI=1S/C14H19Cl2N/c1-2-17-12(7-10-3-4-10)8-11-5-6-13(15)14(16)9-11/h5-6,9-10,12,17H,2-4,7-8H2,1H3. The Hall–Kier alpha value is -0.240. The molecule has 0 aliphatic heterocycles. The zero-order valence-electron chi connectivity index (χ0n) is 10.2. The third-order valence-corrected chi connectivity index (χ3v) is 4.01. The highest BCUT2D eigenvalue weighted by Crippen LogP contribution is 2.34. The number of rotatable bonds is 6. The summed E-state index contributed by atoms with van der Waals surface area (Å²) in [7, 11) is 0. The molecule has 0 amide bonds. The van der Waals surface area contributed by atoms with Crippen LogP contribution >= 0.6 is 23.2 Å². The number of likely N-dealkylation sites (N-methyl/N-ethyl adjacent to an activating group) is 1. The number of hydrogen-bond donors (Lipinski definition) is 1. The molecule has 2 rings (SSSR count). The summed E-state index contributed by atoms with van der Waals surface area (Å²) in [6.07, 6.45) is 5.14. The Morgan fingerprint density at radius 2 is 2.06 bits per heavy atom. The van der Waals surface area contributed by atoms with Gasteiger partial charge in [0.25, 0.3) is 0 Å². The largest absolute Gasteiger partial charge is 0.314 e. The maximum Gasteiger partial charge on any atom is 0.0595 e. The maximum absolute atomic E-state index is 6.04. The number of benzene rings is 1. The second-order valence-electron chi connectivity index (χ2n) is 4.89. The minimum Gasteiger partial charge on any atom is -0.314 e. The number of hydrogen-bond acceptors (Lipinski definition) is 1. The van der Waals surface area contributed by atoms with Gasteiger partial charge in [0.05, 0.1) is 10.0 Å². The predicted octanol–water partition coefficient (Wildman–Crippen LogP) is 4.31. The van der Waals surface area contributed by atoms with Crippen molar-refractivity contribution in [3.05, 3.63) is 33.8 Å². The lowest BCUT2D eigenvalue weighted by Gasteiger charge is -2.18. The summed E-state index contributed by atoms with van der Waals surface area (Å²) in [6.45, 7) is 3.19. The highest BCUT2D eigenvalue weighted by Gasteiger charge is 2.25. The van der Waals surface area contributed by atoms with E-state index in [9.17, 15) is 0 Å². The van der Waals surface area contributed by atoms with E-state index in [1.807, 2.05) is 12.1 Å². The van der Waals surface area contributed by atoms with Crippen LogP contribution in [-0.4, -0.2) is 12.6 Å². The molecule has 1 aromatic carbocycles. The van der Waals surface area contributed by atoms with Crippen molar-refractivity contribution < 1.29 is 0 Å².